The fraction of sp³-hybridized carbons (Fsp3) is 1.00. The third kappa shape index (κ3) is 3.74. The SMILES string of the molecule is FC(F)C(F)OC(F)C(F)(F)F. The van der Waals surface area contributed by atoms with Crippen LogP contribution in [0.3, 0.4) is 0 Å². The number of rotatable bonds is 3. The first-order chi connectivity index (χ1) is 5.25. The van der Waals surface area contributed by atoms with Crippen molar-refractivity contribution in [2.45, 2.75) is 25.3 Å². The Morgan fingerprint density at radius 3 is 1.58 bits per heavy atom. The van der Waals surface area contributed by atoms with E-state index in [1.165, 1.54) is 0 Å². The van der Waals surface area contributed by atoms with Gasteiger partial charge in [0.1, 0.15) is 0 Å². The fourth-order valence-electron chi connectivity index (χ4n) is 0.251. The van der Waals surface area contributed by atoms with Gasteiger partial charge in [0, 0.05) is 0 Å². The fourth-order valence-corrected chi connectivity index (χ4v) is 0.251. The van der Waals surface area contributed by atoms with E-state index in [9.17, 15) is 30.7 Å². The molecule has 0 bridgehead atoms. The summed E-state index contributed by atoms with van der Waals surface area (Å²) in [6.07, 6.45) is -16.9. The lowest BCUT2D eigenvalue weighted by Gasteiger charge is -2.15. The van der Waals surface area contributed by atoms with Gasteiger partial charge < -0.3 is 4.74 Å². The highest BCUT2D eigenvalue weighted by Crippen LogP contribution is 2.26. The Labute approximate surface area is 62.1 Å². The minimum atomic E-state index is -5.49. The van der Waals surface area contributed by atoms with Crippen LogP contribution in [0.4, 0.5) is 30.7 Å². The highest BCUT2D eigenvalue weighted by atomic mass is 19.4. The lowest BCUT2D eigenvalue weighted by atomic mass is 10.6. The van der Waals surface area contributed by atoms with E-state index in [4.69, 9.17) is 0 Å². The molecule has 0 aromatic rings. The molecular formula is C4H3F7O. The molecule has 12 heavy (non-hydrogen) atoms. The largest absolute Gasteiger partial charge is 0.445 e. The van der Waals surface area contributed by atoms with Crippen LogP contribution in [0.2, 0.25) is 0 Å². The van der Waals surface area contributed by atoms with Gasteiger partial charge in [-0.15, -0.1) is 0 Å². The van der Waals surface area contributed by atoms with E-state index in [0.717, 1.165) is 0 Å². The molecule has 0 N–H and O–H groups in total. The average molecular weight is 200 g/mol. The average Bonchev–Trinajstić information content (AvgIpc) is 1.85. The molecule has 8 heteroatoms. The molecule has 0 amide bonds. The van der Waals surface area contributed by atoms with Crippen LogP contribution >= 0.6 is 0 Å². The van der Waals surface area contributed by atoms with E-state index >= 15 is 0 Å². The Morgan fingerprint density at radius 1 is 0.917 bits per heavy atom. The second kappa shape index (κ2) is 3.92. The highest BCUT2D eigenvalue weighted by Gasteiger charge is 2.44. The first-order valence-corrected chi connectivity index (χ1v) is 2.53. The number of ether oxygens (including phenoxy) is 1. The molecule has 2 atom stereocenters. The van der Waals surface area contributed by atoms with Crippen LogP contribution in [0.15, 0.2) is 0 Å². The van der Waals surface area contributed by atoms with E-state index in [0.29, 0.717) is 0 Å². The molecule has 0 aliphatic heterocycles. The Balaban J connectivity index is 3.93. The van der Waals surface area contributed by atoms with Crippen molar-refractivity contribution in [3.8, 4) is 0 Å². The van der Waals surface area contributed by atoms with Gasteiger partial charge >= 0.3 is 6.18 Å². The molecule has 2 unspecified atom stereocenters. The highest BCUT2D eigenvalue weighted by molar-refractivity contribution is 4.56. The van der Waals surface area contributed by atoms with Gasteiger partial charge in [-0.3, -0.25) is 0 Å². The number of hydrogen-bond donors (Lipinski definition) is 0. The van der Waals surface area contributed by atoms with Gasteiger partial charge in [0.15, 0.2) is 0 Å². The Morgan fingerprint density at radius 2 is 1.33 bits per heavy atom. The maximum Gasteiger partial charge on any atom is 0.445 e. The Kier molecular flexibility index (Phi) is 3.75. The first-order valence-electron chi connectivity index (χ1n) is 2.53. The minimum absolute atomic E-state index is 2.67. The predicted molar refractivity (Wildman–Crippen MR) is 22.9 cm³/mol. The minimum Gasteiger partial charge on any atom is -0.301 e. The lowest BCUT2D eigenvalue weighted by molar-refractivity contribution is -0.305. The second-order valence-corrected chi connectivity index (χ2v) is 1.68. The van der Waals surface area contributed by atoms with Crippen LogP contribution in [-0.2, 0) is 4.74 Å². The summed E-state index contributed by atoms with van der Waals surface area (Å²) < 4.78 is 81.6. The van der Waals surface area contributed by atoms with E-state index in [2.05, 4.69) is 4.74 Å². The normalized spacial score (nSPS) is 18.0. The van der Waals surface area contributed by atoms with Gasteiger partial charge in [-0.2, -0.15) is 13.2 Å². The van der Waals surface area contributed by atoms with Gasteiger partial charge in [-0.05, 0) is 0 Å². The van der Waals surface area contributed by atoms with Crippen molar-refractivity contribution in [1.29, 1.82) is 0 Å². The molecule has 0 aliphatic carbocycles. The van der Waals surface area contributed by atoms with Crippen LogP contribution in [0.5, 0.6) is 0 Å². The molecule has 0 radical (unpaired) electrons. The van der Waals surface area contributed by atoms with E-state index in [1.807, 2.05) is 0 Å². The molecule has 74 valence electrons. The van der Waals surface area contributed by atoms with Gasteiger partial charge in [-0.25, -0.2) is 17.6 Å². The summed E-state index contributed by atoms with van der Waals surface area (Å²) in [5, 5.41) is 0. The van der Waals surface area contributed by atoms with Crippen molar-refractivity contribution in [3.63, 3.8) is 0 Å². The van der Waals surface area contributed by atoms with Crippen LogP contribution < -0.4 is 0 Å². The molecule has 0 fully saturated rings. The Hall–Kier alpha value is -0.530. The summed E-state index contributed by atoms with van der Waals surface area (Å²) in [5.74, 6) is 0. The summed E-state index contributed by atoms with van der Waals surface area (Å²) in [6.45, 7) is 0. The smallest absolute Gasteiger partial charge is 0.301 e. The standard InChI is InChI=1S/C4H3F7O/c5-1(6)2(7)12-3(8)4(9,10)11/h1-3H. The van der Waals surface area contributed by atoms with Gasteiger partial charge in [0.25, 0.3) is 19.1 Å². The molecule has 0 spiro atoms. The molecule has 0 aromatic carbocycles. The van der Waals surface area contributed by atoms with Crippen molar-refractivity contribution in [1.82, 2.24) is 0 Å². The summed E-state index contributed by atoms with van der Waals surface area (Å²) in [7, 11) is 0. The number of hydrogen-bond acceptors (Lipinski definition) is 1. The maximum absolute atomic E-state index is 11.6. The number of halogens is 7. The molecule has 0 saturated carbocycles. The molecule has 0 saturated heterocycles. The molecule has 0 rings (SSSR count). The zero-order valence-electron chi connectivity index (χ0n) is 5.29. The number of alkyl halides is 7. The van der Waals surface area contributed by atoms with Crippen LogP contribution in [0.25, 0.3) is 0 Å². The van der Waals surface area contributed by atoms with Crippen molar-refractivity contribution in [3.05, 3.63) is 0 Å². The van der Waals surface area contributed by atoms with Crippen molar-refractivity contribution in [2.75, 3.05) is 0 Å². The molecule has 0 heterocycles. The zero-order valence-corrected chi connectivity index (χ0v) is 5.29. The van der Waals surface area contributed by atoms with Gasteiger partial charge in [0.2, 0.25) is 0 Å². The maximum atomic E-state index is 11.6. The molecule has 1 nitrogen and oxygen atoms in total. The third-order valence-electron chi connectivity index (χ3n) is 0.705. The van der Waals surface area contributed by atoms with Crippen molar-refractivity contribution in [2.24, 2.45) is 0 Å². The Bertz CT molecular complexity index is 132. The van der Waals surface area contributed by atoms with Gasteiger partial charge in [0.05, 0.1) is 0 Å². The van der Waals surface area contributed by atoms with Gasteiger partial charge in [-0.1, -0.05) is 0 Å². The summed E-state index contributed by atoms with van der Waals surface area (Å²) in [6, 6.07) is 0. The first kappa shape index (κ1) is 11.5. The van der Waals surface area contributed by atoms with E-state index < -0.39 is 25.3 Å². The zero-order chi connectivity index (χ0) is 9.94. The molecule has 0 aromatic heterocycles. The third-order valence-corrected chi connectivity index (χ3v) is 0.705. The molecular weight excluding hydrogens is 197 g/mol. The monoisotopic (exact) mass is 200 g/mol. The van der Waals surface area contributed by atoms with Crippen molar-refractivity contribution < 1.29 is 35.5 Å². The predicted octanol–water partition coefficient (Wildman–Crippen LogP) is 2.42. The quantitative estimate of drug-likeness (QED) is 0.635. The van der Waals surface area contributed by atoms with Crippen molar-refractivity contribution >= 4 is 0 Å². The van der Waals surface area contributed by atoms with Crippen LogP contribution in [0, 0.1) is 0 Å². The van der Waals surface area contributed by atoms with Crippen LogP contribution in [0.1, 0.15) is 0 Å². The summed E-state index contributed by atoms with van der Waals surface area (Å²) >= 11 is 0. The second-order valence-electron chi connectivity index (χ2n) is 1.68. The van der Waals surface area contributed by atoms with Crippen LogP contribution in [-0.4, -0.2) is 25.3 Å². The van der Waals surface area contributed by atoms with E-state index in [1.54, 1.807) is 0 Å². The lowest BCUT2D eigenvalue weighted by Crippen LogP contribution is -2.32. The molecule has 0 aliphatic rings. The topological polar surface area (TPSA) is 9.23 Å². The summed E-state index contributed by atoms with van der Waals surface area (Å²) in [5.41, 5.74) is 0. The summed E-state index contributed by atoms with van der Waals surface area (Å²) in [4.78, 5) is 0. The van der Waals surface area contributed by atoms with E-state index in [-0.39, 0.29) is 0 Å².